The number of nitrogens with zero attached hydrogens (tertiary/aromatic N) is 1. The SMILES string of the molecule is Cc1cccc(CNC(=O)c2ccc(N3CCNCC3)c(NS(=O)(=O)c3cccs3)c2)c1.O=C(O)C(F)(F)F. The summed E-state index contributed by atoms with van der Waals surface area (Å²) in [7, 11) is -3.74. The fraction of sp³-hybridized carbons (Fsp3) is 0.280. The van der Waals surface area contributed by atoms with Crippen molar-refractivity contribution in [3.8, 4) is 0 Å². The standard InChI is InChI=1S/C23H26N4O3S2.C2HF3O2/c1-17-4-2-5-18(14-17)16-25-23(28)19-7-8-21(27-11-9-24-10-12-27)20(15-19)26-32(29,30)22-6-3-13-31-22;3-2(4,5)1(6)7/h2-8,13-15,24,26H,9-12,16H2,1H3,(H,25,28);(H,6,7). The van der Waals surface area contributed by atoms with E-state index < -0.39 is 22.2 Å². The number of hydrogen-bond acceptors (Lipinski definition) is 7. The zero-order valence-corrected chi connectivity index (χ0v) is 22.4. The van der Waals surface area contributed by atoms with Gasteiger partial charge in [0.25, 0.3) is 15.9 Å². The summed E-state index contributed by atoms with van der Waals surface area (Å²) < 4.78 is 60.5. The van der Waals surface area contributed by atoms with Gasteiger partial charge in [0.1, 0.15) is 4.21 Å². The summed E-state index contributed by atoms with van der Waals surface area (Å²) in [5, 5.41) is 15.1. The maximum absolute atomic E-state index is 12.9. The minimum Gasteiger partial charge on any atom is -0.475 e. The Balaban J connectivity index is 0.000000532. The number of carbonyl (C=O) groups excluding carboxylic acids is 1. The van der Waals surface area contributed by atoms with Crippen LogP contribution in [0.5, 0.6) is 0 Å². The molecule has 1 saturated heterocycles. The number of carboxylic acids is 1. The zero-order chi connectivity index (χ0) is 28.6. The van der Waals surface area contributed by atoms with Crippen LogP contribution < -0.4 is 20.3 Å². The first kappa shape index (κ1) is 29.9. The average molecular weight is 585 g/mol. The minimum atomic E-state index is -5.08. The molecule has 3 aromatic rings. The molecule has 1 aliphatic rings. The van der Waals surface area contributed by atoms with E-state index in [0.717, 1.165) is 54.3 Å². The van der Waals surface area contributed by atoms with Crippen molar-refractivity contribution in [1.29, 1.82) is 0 Å². The maximum Gasteiger partial charge on any atom is 0.490 e. The van der Waals surface area contributed by atoms with Gasteiger partial charge < -0.3 is 20.6 Å². The lowest BCUT2D eigenvalue weighted by molar-refractivity contribution is -0.192. The Morgan fingerprint density at radius 3 is 2.36 bits per heavy atom. The average Bonchev–Trinajstić information content (AvgIpc) is 3.44. The summed E-state index contributed by atoms with van der Waals surface area (Å²) in [6.07, 6.45) is -5.08. The third-order valence-electron chi connectivity index (χ3n) is 5.50. The number of amides is 1. The second kappa shape index (κ2) is 13.0. The predicted molar refractivity (Wildman–Crippen MR) is 143 cm³/mol. The number of halogens is 3. The second-order valence-electron chi connectivity index (χ2n) is 8.48. The molecule has 14 heteroatoms. The van der Waals surface area contributed by atoms with Crippen molar-refractivity contribution in [3.05, 3.63) is 76.7 Å². The molecule has 4 N–H and O–H groups in total. The lowest BCUT2D eigenvalue weighted by Crippen LogP contribution is -2.43. The van der Waals surface area contributed by atoms with Crippen LogP contribution in [0.25, 0.3) is 0 Å². The third kappa shape index (κ3) is 8.70. The Labute approximate surface area is 227 Å². The molecule has 2 heterocycles. The summed E-state index contributed by atoms with van der Waals surface area (Å²) in [5.74, 6) is -3.01. The molecule has 1 amide bonds. The topological polar surface area (TPSA) is 128 Å². The normalized spacial score (nSPS) is 13.7. The quantitative estimate of drug-likeness (QED) is 0.332. The van der Waals surface area contributed by atoms with Gasteiger partial charge in [0.2, 0.25) is 0 Å². The number of carbonyl (C=O) groups is 2. The number of nitrogens with one attached hydrogen (secondary N) is 3. The molecule has 210 valence electrons. The van der Waals surface area contributed by atoms with E-state index in [4.69, 9.17) is 9.90 Å². The van der Waals surface area contributed by atoms with E-state index in [2.05, 4.69) is 20.3 Å². The van der Waals surface area contributed by atoms with Crippen LogP contribution in [0, 0.1) is 6.92 Å². The molecular weight excluding hydrogens is 557 g/mol. The van der Waals surface area contributed by atoms with Crippen molar-refractivity contribution in [2.75, 3.05) is 35.8 Å². The molecule has 9 nitrogen and oxygen atoms in total. The number of thiophene rings is 1. The largest absolute Gasteiger partial charge is 0.490 e. The number of piperazine rings is 1. The van der Waals surface area contributed by atoms with Gasteiger partial charge >= 0.3 is 12.1 Å². The fourth-order valence-corrected chi connectivity index (χ4v) is 5.72. The van der Waals surface area contributed by atoms with Crippen molar-refractivity contribution in [2.45, 2.75) is 23.9 Å². The second-order valence-corrected chi connectivity index (χ2v) is 11.3. The summed E-state index contributed by atoms with van der Waals surface area (Å²) >= 11 is 1.15. The molecule has 0 radical (unpaired) electrons. The van der Waals surface area contributed by atoms with Gasteiger partial charge in [-0.3, -0.25) is 9.52 Å². The van der Waals surface area contributed by atoms with Gasteiger partial charge in [-0.1, -0.05) is 35.9 Å². The molecule has 0 saturated carbocycles. The molecule has 0 bridgehead atoms. The van der Waals surface area contributed by atoms with Crippen LogP contribution in [0.1, 0.15) is 21.5 Å². The van der Waals surface area contributed by atoms with Gasteiger partial charge in [0.05, 0.1) is 11.4 Å². The number of rotatable bonds is 7. The smallest absolute Gasteiger partial charge is 0.475 e. The molecular formula is C25H27F3N4O5S2. The number of anilines is 2. The van der Waals surface area contributed by atoms with Crippen LogP contribution in [0.2, 0.25) is 0 Å². The molecule has 4 rings (SSSR count). The summed E-state index contributed by atoms with van der Waals surface area (Å²) in [6, 6.07) is 16.4. The van der Waals surface area contributed by atoms with Crippen LogP contribution >= 0.6 is 11.3 Å². The van der Waals surface area contributed by atoms with Crippen LogP contribution in [0.3, 0.4) is 0 Å². The first-order chi connectivity index (χ1) is 18.4. The van der Waals surface area contributed by atoms with E-state index in [1.807, 2.05) is 37.3 Å². The molecule has 1 aliphatic heterocycles. The highest BCUT2D eigenvalue weighted by molar-refractivity contribution is 7.94. The number of benzene rings is 2. The number of aryl methyl sites for hydroxylation is 1. The van der Waals surface area contributed by atoms with E-state index in [-0.39, 0.29) is 10.1 Å². The Morgan fingerprint density at radius 2 is 1.77 bits per heavy atom. The summed E-state index contributed by atoms with van der Waals surface area (Å²) in [5.41, 5.74) is 3.71. The van der Waals surface area contributed by atoms with Crippen molar-refractivity contribution in [3.63, 3.8) is 0 Å². The molecule has 1 fully saturated rings. The van der Waals surface area contributed by atoms with E-state index in [0.29, 0.717) is 17.8 Å². The maximum atomic E-state index is 12.9. The lowest BCUT2D eigenvalue weighted by atomic mass is 10.1. The molecule has 0 unspecified atom stereocenters. The Bertz CT molecular complexity index is 1390. The highest BCUT2D eigenvalue weighted by Crippen LogP contribution is 2.31. The first-order valence-electron chi connectivity index (χ1n) is 11.7. The number of sulfonamides is 1. The molecule has 2 aromatic carbocycles. The Kier molecular flexibility index (Phi) is 9.94. The third-order valence-corrected chi connectivity index (χ3v) is 8.26. The van der Waals surface area contributed by atoms with Crippen molar-refractivity contribution >= 4 is 44.6 Å². The van der Waals surface area contributed by atoms with Gasteiger partial charge in [-0.2, -0.15) is 13.2 Å². The van der Waals surface area contributed by atoms with Crippen LogP contribution in [0.4, 0.5) is 24.5 Å². The Hall–Kier alpha value is -3.62. The van der Waals surface area contributed by atoms with Gasteiger partial charge in [0, 0.05) is 38.3 Å². The van der Waals surface area contributed by atoms with Crippen molar-refractivity contribution < 1.29 is 36.3 Å². The highest BCUT2D eigenvalue weighted by atomic mass is 32.2. The van der Waals surface area contributed by atoms with Gasteiger partial charge in [-0.15, -0.1) is 11.3 Å². The summed E-state index contributed by atoms with van der Waals surface area (Å²) in [4.78, 5) is 23.8. The minimum absolute atomic E-state index is 0.234. The monoisotopic (exact) mass is 584 g/mol. The molecule has 0 aliphatic carbocycles. The number of aliphatic carboxylic acids is 1. The predicted octanol–water partition coefficient (Wildman–Crippen LogP) is 3.83. The number of carboxylic acid groups (broad SMARTS) is 1. The first-order valence-corrected chi connectivity index (χ1v) is 14.0. The van der Waals surface area contributed by atoms with Gasteiger partial charge in [0.15, 0.2) is 0 Å². The fourth-order valence-electron chi connectivity index (χ4n) is 3.66. The van der Waals surface area contributed by atoms with Crippen molar-refractivity contribution in [2.24, 2.45) is 0 Å². The number of hydrogen-bond donors (Lipinski definition) is 4. The van der Waals surface area contributed by atoms with E-state index in [9.17, 15) is 26.4 Å². The molecule has 0 spiro atoms. The molecule has 1 aromatic heterocycles. The number of alkyl halides is 3. The van der Waals surface area contributed by atoms with E-state index >= 15 is 0 Å². The van der Waals surface area contributed by atoms with E-state index in [1.165, 1.54) is 0 Å². The van der Waals surface area contributed by atoms with E-state index in [1.54, 1.807) is 29.6 Å². The van der Waals surface area contributed by atoms with Crippen LogP contribution in [-0.4, -0.2) is 57.8 Å². The highest BCUT2D eigenvalue weighted by Gasteiger charge is 2.38. The molecule has 0 atom stereocenters. The summed E-state index contributed by atoms with van der Waals surface area (Å²) in [6.45, 7) is 5.55. The zero-order valence-electron chi connectivity index (χ0n) is 20.8. The van der Waals surface area contributed by atoms with Gasteiger partial charge in [-0.05, 0) is 42.1 Å². The van der Waals surface area contributed by atoms with Crippen LogP contribution in [-0.2, 0) is 21.4 Å². The van der Waals surface area contributed by atoms with Crippen LogP contribution in [0.15, 0.2) is 64.2 Å². The molecule has 39 heavy (non-hydrogen) atoms. The Morgan fingerprint density at radius 1 is 1.08 bits per heavy atom. The lowest BCUT2D eigenvalue weighted by Gasteiger charge is -2.31. The van der Waals surface area contributed by atoms with Gasteiger partial charge in [-0.25, -0.2) is 13.2 Å². The van der Waals surface area contributed by atoms with Crippen molar-refractivity contribution in [1.82, 2.24) is 10.6 Å².